The maximum Gasteiger partial charge on any atom is 0.336 e. The van der Waals surface area contributed by atoms with Crippen molar-refractivity contribution < 1.29 is 24.5 Å². The molecule has 3 N–H and O–H groups in total. The van der Waals surface area contributed by atoms with Gasteiger partial charge in [-0.15, -0.1) is 0 Å². The molecule has 0 amide bonds. The van der Waals surface area contributed by atoms with Crippen molar-refractivity contribution in [1.29, 1.82) is 0 Å². The minimum atomic E-state index is -0.873. The Morgan fingerprint density at radius 1 is 1.33 bits per heavy atom. The fraction of sp³-hybridized carbons (Fsp3) is 0.0833. The van der Waals surface area contributed by atoms with Gasteiger partial charge in [-0.05, 0) is 12.1 Å². The number of fused-ring (bicyclic) bond motifs is 1. The van der Waals surface area contributed by atoms with Crippen molar-refractivity contribution in [1.82, 2.24) is 0 Å². The van der Waals surface area contributed by atoms with Crippen LogP contribution in [0, 0.1) is 0 Å². The van der Waals surface area contributed by atoms with Crippen molar-refractivity contribution in [3.8, 4) is 11.5 Å². The topological polar surface area (TPSA) is 100 Å². The monoisotopic (exact) mass is 250 g/mol. The van der Waals surface area contributed by atoms with E-state index in [0.717, 1.165) is 6.08 Å². The van der Waals surface area contributed by atoms with E-state index in [1.807, 2.05) is 0 Å². The lowest BCUT2D eigenvalue weighted by atomic mass is 10.2. The summed E-state index contributed by atoms with van der Waals surface area (Å²) in [6.07, 6.45) is 1.00. The Kier molecular flexibility index (Phi) is 3.09. The predicted octanol–water partition coefficient (Wildman–Crippen LogP) is 1.83. The summed E-state index contributed by atoms with van der Waals surface area (Å²) in [5.74, 6) is -0.932. The summed E-state index contributed by atoms with van der Waals surface area (Å²) in [7, 11) is 0. The molecule has 0 aliphatic rings. The van der Waals surface area contributed by atoms with Crippen LogP contribution in [0.3, 0.4) is 0 Å². The van der Waals surface area contributed by atoms with Gasteiger partial charge in [-0.3, -0.25) is 0 Å². The van der Waals surface area contributed by atoms with Gasteiger partial charge >= 0.3 is 5.63 Å². The zero-order valence-corrected chi connectivity index (χ0v) is 9.16. The van der Waals surface area contributed by atoms with Gasteiger partial charge in [-0.2, -0.15) is 0 Å². The number of hydrogen-bond donors (Lipinski definition) is 3. The molecule has 0 aliphatic heterocycles. The number of ether oxygens (including phenoxy) is 1. The van der Waals surface area contributed by atoms with E-state index >= 15 is 0 Å². The first-order valence-corrected chi connectivity index (χ1v) is 5.04. The lowest BCUT2D eigenvalue weighted by molar-refractivity contribution is 0.184. The summed E-state index contributed by atoms with van der Waals surface area (Å²) in [5, 5.41) is 27.3. The molecule has 0 saturated heterocycles. The molecule has 0 fully saturated rings. The molecule has 2 aromatic rings. The molecular weight excluding hydrogens is 240 g/mol. The first-order valence-electron chi connectivity index (χ1n) is 5.04. The Morgan fingerprint density at radius 2 is 2.11 bits per heavy atom. The minimum Gasteiger partial charge on any atom is -0.504 e. The van der Waals surface area contributed by atoms with Crippen LogP contribution in [0.5, 0.6) is 11.5 Å². The molecule has 2 rings (SSSR count). The van der Waals surface area contributed by atoms with Crippen molar-refractivity contribution in [2.24, 2.45) is 0 Å². The number of phenolic OH excluding ortho intramolecular Hbond substituents is 1. The molecule has 1 aromatic heterocycles. The fourth-order valence-electron chi connectivity index (χ4n) is 1.41. The highest BCUT2D eigenvalue weighted by Crippen LogP contribution is 2.30. The van der Waals surface area contributed by atoms with Crippen LogP contribution in [0.25, 0.3) is 11.0 Å². The van der Waals surface area contributed by atoms with E-state index in [1.54, 1.807) is 0 Å². The Bertz CT molecular complexity index is 651. The highest BCUT2D eigenvalue weighted by Gasteiger charge is 2.06. The smallest absolute Gasteiger partial charge is 0.336 e. The highest BCUT2D eigenvalue weighted by molar-refractivity contribution is 5.80. The van der Waals surface area contributed by atoms with Crippen molar-refractivity contribution in [3.05, 3.63) is 46.7 Å². The van der Waals surface area contributed by atoms with Gasteiger partial charge in [0.2, 0.25) is 0 Å². The molecule has 0 radical (unpaired) electrons. The minimum absolute atomic E-state index is 0.0781. The SMILES string of the molecule is O=c1ccc2cc(O)c(OCC=C(O)O)cc2o1. The van der Waals surface area contributed by atoms with E-state index in [0.29, 0.717) is 5.39 Å². The second-order valence-electron chi connectivity index (χ2n) is 3.49. The van der Waals surface area contributed by atoms with Crippen LogP contribution in [0.15, 0.2) is 45.5 Å². The van der Waals surface area contributed by atoms with Crippen LogP contribution >= 0.6 is 0 Å². The third kappa shape index (κ3) is 2.54. The van der Waals surface area contributed by atoms with Gasteiger partial charge in [0.25, 0.3) is 5.95 Å². The second-order valence-corrected chi connectivity index (χ2v) is 3.49. The molecular formula is C12H10O6. The fourth-order valence-corrected chi connectivity index (χ4v) is 1.41. The molecule has 6 heteroatoms. The first-order chi connectivity index (χ1) is 8.56. The molecule has 0 saturated carbocycles. The third-order valence-electron chi connectivity index (χ3n) is 2.21. The number of phenols is 1. The molecule has 0 unspecified atom stereocenters. The molecule has 0 spiro atoms. The zero-order valence-electron chi connectivity index (χ0n) is 9.16. The van der Waals surface area contributed by atoms with E-state index < -0.39 is 11.6 Å². The van der Waals surface area contributed by atoms with Crippen LogP contribution < -0.4 is 10.4 Å². The number of hydrogen-bond acceptors (Lipinski definition) is 6. The summed E-state index contributed by atoms with van der Waals surface area (Å²) in [4.78, 5) is 11.0. The van der Waals surface area contributed by atoms with Gasteiger partial charge in [-0.25, -0.2) is 4.79 Å². The molecule has 6 nitrogen and oxygen atoms in total. The van der Waals surface area contributed by atoms with E-state index in [4.69, 9.17) is 19.4 Å². The van der Waals surface area contributed by atoms with Gasteiger partial charge < -0.3 is 24.5 Å². The van der Waals surface area contributed by atoms with Gasteiger partial charge in [0.15, 0.2) is 11.5 Å². The van der Waals surface area contributed by atoms with E-state index in [1.165, 1.54) is 24.3 Å². The predicted molar refractivity (Wildman–Crippen MR) is 63.0 cm³/mol. The van der Waals surface area contributed by atoms with Crippen LogP contribution in [0.2, 0.25) is 0 Å². The van der Waals surface area contributed by atoms with Crippen LogP contribution in [0.4, 0.5) is 0 Å². The maximum atomic E-state index is 11.0. The summed E-state index contributed by atoms with van der Waals surface area (Å²) >= 11 is 0. The van der Waals surface area contributed by atoms with E-state index in [-0.39, 0.29) is 23.7 Å². The summed E-state index contributed by atoms with van der Waals surface area (Å²) in [5.41, 5.74) is -0.237. The van der Waals surface area contributed by atoms with Crippen molar-refractivity contribution in [2.75, 3.05) is 6.61 Å². The zero-order chi connectivity index (χ0) is 13.1. The lowest BCUT2D eigenvalue weighted by Crippen LogP contribution is -1.97. The maximum absolute atomic E-state index is 11.0. The van der Waals surface area contributed by atoms with Crippen molar-refractivity contribution in [2.45, 2.75) is 0 Å². The molecule has 0 bridgehead atoms. The summed E-state index contributed by atoms with van der Waals surface area (Å²) in [6, 6.07) is 5.50. The quantitative estimate of drug-likeness (QED) is 0.567. The largest absolute Gasteiger partial charge is 0.504 e. The average molecular weight is 250 g/mol. The molecule has 0 atom stereocenters. The van der Waals surface area contributed by atoms with Crippen LogP contribution in [0.1, 0.15) is 0 Å². The Hall–Kier alpha value is -2.63. The van der Waals surface area contributed by atoms with Gasteiger partial charge in [-0.1, -0.05) is 0 Å². The summed E-state index contributed by atoms with van der Waals surface area (Å²) < 4.78 is 10.0. The first kappa shape index (κ1) is 11.8. The molecule has 1 heterocycles. The Labute approximate surface area is 101 Å². The highest BCUT2D eigenvalue weighted by atomic mass is 16.5. The molecule has 18 heavy (non-hydrogen) atoms. The van der Waals surface area contributed by atoms with Gasteiger partial charge in [0.1, 0.15) is 12.2 Å². The van der Waals surface area contributed by atoms with E-state index in [2.05, 4.69) is 0 Å². The van der Waals surface area contributed by atoms with Gasteiger partial charge in [0.05, 0.1) is 0 Å². The van der Waals surface area contributed by atoms with Crippen LogP contribution in [-0.4, -0.2) is 21.9 Å². The second kappa shape index (κ2) is 4.70. The number of aromatic hydroxyl groups is 1. The standard InChI is InChI=1S/C12H10O6/c13-8-5-7-1-2-12(16)18-9(7)6-10(8)17-4-3-11(14)15/h1-3,5-6,13-15H,4H2. The Morgan fingerprint density at radius 3 is 2.83 bits per heavy atom. The normalized spacial score (nSPS) is 10.2. The van der Waals surface area contributed by atoms with Gasteiger partial charge in [0, 0.05) is 23.6 Å². The summed E-state index contributed by atoms with van der Waals surface area (Å²) in [6.45, 7) is -0.140. The number of aliphatic hydroxyl groups is 2. The van der Waals surface area contributed by atoms with Crippen LogP contribution in [-0.2, 0) is 0 Å². The average Bonchev–Trinajstić information content (AvgIpc) is 2.30. The number of aliphatic hydroxyl groups excluding tert-OH is 1. The number of rotatable bonds is 3. The lowest BCUT2D eigenvalue weighted by Gasteiger charge is -2.06. The van der Waals surface area contributed by atoms with E-state index in [9.17, 15) is 9.90 Å². The number of benzene rings is 1. The van der Waals surface area contributed by atoms with Crippen molar-refractivity contribution >= 4 is 11.0 Å². The Balaban J connectivity index is 2.36. The third-order valence-corrected chi connectivity index (χ3v) is 2.21. The molecule has 94 valence electrons. The van der Waals surface area contributed by atoms with Crippen molar-refractivity contribution in [3.63, 3.8) is 0 Å². The molecule has 1 aromatic carbocycles. The molecule has 0 aliphatic carbocycles.